The van der Waals surface area contributed by atoms with Gasteiger partial charge < -0.3 is 19.3 Å². The standard InChI is InChI=1S/C25H25N3O6/c29-22-9-8-20(24(31)26-22)28-13-19-18(25(28)32)2-1-3-21(19)34-14-17-6-4-16(5-7-17)12-27-10-11-33-15-23(27)30/h1-7,20H,8-15H2,(H,26,29,31)/i3D,13D2. The summed E-state index contributed by atoms with van der Waals surface area (Å²) in [5, 5.41) is 2.16. The molecule has 0 saturated carbocycles. The van der Waals surface area contributed by atoms with Crippen molar-refractivity contribution < 1.29 is 32.8 Å². The molecule has 9 heteroatoms. The Labute approximate surface area is 200 Å². The number of fused-ring (bicyclic) bond motifs is 1. The van der Waals surface area contributed by atoms with Crippen molar-refractivity contribution in [3.05, 3.63) is 64.7 Å². The Balaban J connectivity index is 1.34. The van der Waals surface area contributed by atoms with Crippen molar-refractivity contribution in [2.75, 3.05) is 19.8 Å². The molecule has 9 nitrogen and oxygen atoms in total. The minimum Gasteiger partial charge on any atom is -0.489 e. The minimum atomic E-state index is -2.42. The van der Waals surface area contributed by atoms with Gasteiger partial charge in [-0.3, -0.25) is 24.5 Å². The van der Waals surface area contributed by atoms with Crippen LogP contribution in [0.15, 0.2) is 42.4 Å². The van der Waals surface area contributed by atoms with E-state index in [2.05, 4.69) is 5.32 Å². The smallest absolute Gasteiger partial charge is 0.255 e. The summed E-state index contributed by atoms with van der Waals surface area (Å²) in [6.45, 7) is -0.820. The highest BCUT2D eigenvalue weighted by Gasteiger charge is 2.40. The summed E-state index contributed by atoms with van der Waals surface area (Å²) in [7, 11) is 0. The molecule has 0 spiro atoms. The number of carbonyl (C=O) groups is 4. The lowest BCUT2D eigenvalue weighted by Crippen LogP contribution is -2.52. The lowest BCUT2D eigenvalue weighted by molar-refractivity contribution is -0.143. The van der Waals surface area contributed by atoms with Crippen LogP contribution in [0.25, 0.3) is 0 Å². The van der Waals surface area contributed by atoms with E-state index < -0.39 is 30.3 Å². The number of imide groups is 1. The van der Waals surface area contributed by atoms with Gasteiger partial charge in [0.15, 0.2) is 0 Å². The van der Waals surface area contributed by atoms with Crippen LogP contribution in [0.5, 0.6) is 5.75 Å². The van der Waals surface area contributed by atoms with E-state index in [-0.39, 0.29) is 54.9 Å². The second-order valence-corrected chi connectivity index (χ2v) is 8.32. The van der Waals surface area contributed by atoms with E-state index in [0.29, 0.717) is 19.7 Å². The molecule has 176 valence electrons. The number of piperidine rings is 1. The van der Waals surface area contributed by atoms with Gasteiger partial charge >= 0.3 is 0 Å². The third kappa shape index (κ3) is 4.38. The molecule has 34 heavy (non-hydrogen) atoms. The largest absolute Gasteiger partial charge is 0.489 e. The summed E-state index contributed by atoms with van der Waals surface area (Å²) in [5.74, 6) is -2.02. The summed E-state index contributed by atoms with van der Waals surface area (Å²) in [5.41, 5.74) is 1.60. The molecule has 2 aromatic carbocycles. The molecule has 2 aromatic rings. The highest BCUT2D eigenvalue weighted by atomic mass is 16.5. The topological polar surface area (TPSA) is 105 Å². The monoisotopic (exact) mass is 466 g/mol. The van der Waals surface area contributed by atoms with Gasteiger partial charge in [-0.25, -0.2) is 0 Å². The number of carbonyl (C=O) groups excluding carboxylic acids is 4. The first kappa shape index (κ1) is 18.7. The predicted octanol–water partition coefficient (Wildman–Crippen LogP) is 1.39. The molecule has 3 aliphatic heterocycles. The van der Waals surface area contributed by atoms with Crippen LogP contribution in [0.4, 0.5) is 0 Å². The molecule has 5 rings (SSSR count). The van der Waals surface area contributed by atoms with Gasteiger partial charge in [-0.2, -0.15) is 0 Å². The molecule has 2 saturated heterocycles. The maximum absolute atomic E-state index is 13.2. The Morgan fingerprint density at radius 1 is 1.15 bits per heavy atom. The zero-order chi connectivity index (χ0) is 26.3. The number of nitrogens with zero attached hydrogens (tertiary/aromatic N) is 2. The number of ether oxygens (including phenoxy) is 2. The molecule has 1 N–H and O–H groups in total. The van der Waals surface area contributed by atoms with Gasteiger partial charge in [-0.1, -0.05) is 30.3 Å². The number of nitrogens with one attached hydrogen (secondary N) is 1. The lowest BCUT2D eigenvalue weighted by Gasteiger charge is -2.29. The van der Waals surface area contributed by atoms with E-state index in [4.69, 9.17) is 13.6 Å². The number of rotatable bonds is 6. The molecule has 0 aromatic heterocycles. The maximum Gasteiger partial charge on any atom is 0.255 e. The first-order valence-electron chi connectivity index (χ1n) is 12.5. The van der Waals surface area contributed by atoms with Crippen LogP contribution < -0.4 is 10.1 Å². The molecule has 0 radical (unpaired) electrons. The van der Waals surface area contributed by atoms with Gasteiger partial charge in [-0.05, 0) is 29.7 Å². The second kappa shape index (κ2) is 9.26. The fourth-order valence-corrected chi connectivity index (χ4v) is 4.16. The predicted molar refractivity (Wildman–Crippen MR) is 119 cm³/mol. The Bertz CT molecular complexity index is 1280. The van der Waals surface area contributed by atoms with E-state index in [1.807, 2.05) is 24.3 Å². The zero-order valence-electron chi connectivity index (χ0n) is 21.3. The maximum atomic E-state index is 13.2. The molecule has 3 heterocycles. The number of amides is 4. The lowest BCUT2D eigenvalue weighted by atomic mass is 10.0. The number of morpholine rings is 1. The normalized spacial score (nSPS) is 23.2. The Morgan fingerprint density at radius 3 is 2.71 bits per heavy atom. The average molecular weight is 467 g/mol. The van der Waals surface area contributed by atoms with Crippen molar-refractivity contribution in [3.63, 3.8) is 0 Å². The second-order valence-electron chi connectivity index (χ2n) is 8.32. The van der Waals surface area contributed by atoms with Crippen molar-refractivity contribution in [1.29, 1.82) is 0 Å². The van der Waals surface area contributed by atoms with Crippen molar-refractivity contribution in [2.45, 2.75) is 38.5 Å². The number of hydrogen-bond donors (Lipinski definition) is 1. The molecule has 1 atom stereocenters. The fraction of sp³-hybridized carbons (Fsp3) is 0.360. The summed E-state index contributed by atoms with van der Waals surface area (Å²) in [6, 6.07) is 8.85. The summed E-state index contributed by atoms with van der Waals surface area (Å²) < 4.78 is 36.8. The van der Waals surface area contributed by atoms with Crippen molar-refractivity contribution in [3.8, 4) is 5.75 Å². The van der Waals surface area contributed by atoms with Gasteiger partial charge in [0, 0.05) is 30.6 Å². The van der Waals surface area contributed by atoms with E-state index >= 15 is 0 Å². The Hall–Kier alpha value is -3.72. The quantitative estimate of drug-likeness (QED) is 0.645. The first-order valence-corrected chi connectivity index (χ1v) is 11.0. The molecular formula is C25H25N3O6. The van der Waals surface area contributed by atoms with Crippen LogP contribution in [0.1, 0.15) is 44.0 Å². The van der Waals surface area contributed by atoms with Gasteiger partial charge in [0.2, 0.25) is 17.7 Å². The molecule has 2 fully saturated rings. The minimum absolute atomic E-state index is 0.00461. The third-order valence-corrected chi connectivity index (χ3v) is 6.03. The van der Waals surface area contributed by atoms with Crippen LogP contribution in [0.2, 0.25) is 0 Å². The number of benzene rings is 2. The van der Waals surface area contributed by atoms with Crippen molar-refractivity contribution in [2.24, 2.45) is 0 Å². The zero-order valence-corrected chi connectivity index (χ0v) is 18.3. The molecular weight excluding hydrogens is 438 g/mol. The van der Waals surface area contributed by atoms with Crippen LogP contribution in [-0.2, 0) is 38.8 Å². The highest BCUT2D eigenvalue weighted by Crippen LogP contribution is 2.34. The third-order valence-electron chi connectivity index (χ3n) is 6.03. The molecule has 0 aliphatic carbocycles. The van der Waals surface area contributed by atoms with Gasteiger partial charge in [-0.15, -0.1) is 0 Å². The Morgan fingerprint density at radius 2 is 1.94 bits per heavy atom. The van der Waals surface area contributed by atoms with Crippen LogP contribution in [0, 0.1) is 0 Å². The van der Waals surface area contributed by atoms with Crippen LogP contribution >= 0.6 is 0 Å². The summed E-state index contributed by atoms with van der Waals surface area (Å²) in [6.07, 6.45) is 0.00554. The van der Waals surface area contributed by atoms with Crippen LogP contribution in [-0.4, -0.2) is 59.2 Å². The number of hydrogen-bond acceptors (Lipinski definition) is 6. The fourth-order valence-electron chi connectivity index (χ4n) is 4.16. The van der Waals surface area contributed by atoms with E-state index in [1.165, 1.54) is 12.1 Å². The van der Waals surface area contributed by atoms with E-state index in [9.17, 15) is 19.2 Å². The van der Waals surface area contributed by atoms with Gasteiger partial charge in [0.05, 0.1) is 17.2 Å². The molecule has 4 amide bonds. The molecule has 3 aliphatic rings. The molecule has 1 unspecified atom stereocenters. The van der Waals surface area contributed by atoms with Crippen molar-refractivity contribution >= 4 is 23.6 Å². The average Bonchev–Trinajstić information content (AvgIpc) is 3.06. The van der Waals surface area contributed by atoms with Gasteiger partial charge in [0.25, 0.3) is 5.91 Å². The van der Waals surface area contributed by atoms with Crippen LogP contribution in [0.3, 0.4) is 0 Å². The Kier molecular flexibility index (Phi) is 5.09. The van der Waals surface area contributed by atoms with E-state index in [1.54, 1.807) is 4.90 Å². The van der Waals surface area contributed by atoms with Gasteiger partial charge in [0.1, 0.15) is 25.0 Å². The molecule has 0 bridgehead atoms. The SMILES string of the molecule is [2H]c1ccc2c(c1OCc1ccc(CN3CCOCC3=O)cc1)C([2H])([2H])N(C1CCC(=O)NC1=O)C2=O. The highest BCUT2D eigenvalue weighted by molar-refractivity contribution is 6.05. The van der Waals surface area contributed by atoms with E-state index in [0.717, 1.165) is 16.0 Å². The first-order chi connectivity index (χ1) is 17.7. The summed E-state index contributed by atoms with van der Waals surface area (Å²) >= 11 is 0. The summed E-state index contributed by atoms with van der Waals surface area (Å²) in [4.78, 5) is 51.7. The van der Waals surface area contributed by atoms with Crippen molar-refractivity contribution in [1.82, 2.24) is 15.1 Å².